The van der Waals surface area contributed by atoms with Crippen molar-refractivity contribution >= 4 is 16.8 Å². The summed E-state index contributed by atoms with van der Waals surface area (Å²) in [5, 5.41) is 8.52. The van der Waals surface area contributed by atoms with Gasteiger partial charge in [-0.3, -0.25) is 14.4 Å². The van der Waals surface area contributed by atoms with Gasteiger partial charge in [0.1, 0.15) is 11.3 Å². The van der Waals surface area contributed by atoms with Crippen molar-refractivity contribution in [1.82, 2.24) is 24.9 Å². The van der Waals surface area contributed by atoms with Crippen molar-refractivity contribution in [1.29, 1.82) is 0 Å². The summed E-state index contributed by atoms with van der Waals surface area (Å²) >= 11 is 0. The Morgan fingerprint density at radius 2 is 2.00 bits per heavy atom. The zero-order valence-electron chi connectivity index (χ0n) is 17.8. The van der Waals surface area contributed by atoms with Gasteiger partial charge >= 0.3 is 0 Å². The second-order valence-electron chi connectivity index (χ2n) is 7.16. The Bertz CT molecular complexity index is 797. The number of fused-ring (bicyclic) bond motifs is 1. The number of carbonyl (C=O) groups is 1. The molecule has 8 heteroatoms. The fourth-order valence-corrected chi connectivity index (χ4v) is 3.71. The molecule has 0 bridgehead atoms. The Morgan fingerprint density at radius 1 is 1.24 bits per heavy atom. The molecule has 8 nitrogen and oxygen atoms in total. The van der Waals surface area contributed by atoms with Crippen LogP contribution < -0.4 is 10.1 Å². The summed E-state index contributed by atoms with van der Waals surface area (Å²) in [5.41, 5.74) is 1.33. The summed E-state index contributed by atoms with van der Waals surface area (Å²) < 4.78 is 12.9. The van der Waals surface area contributed by atoms with E-state index in [0.717, 1.165) is 69.1 Å². The second kappa shape index (κ2) is 10.6. The molecule has 3 rings (SSSR count). The molecule has 1 aliphatic heterocycles. The molecule has 160 valence electrons. The first-order valence-electron chi connectivity index (χ1n) is 10.5. The normalized spacial score (nSPS) is 15.2. The molecular formula is C21H33N5O3. The molecular weight excluding hydrogens is 370 g/mol. The molecule has 0 saturated carbocycles. The number of ether oxygens (including phenoxy) is 2. The van der Waals surface area contributed by atoms with Gasteiger partial charge in [-0.2, -0.15) is 5.10 Å². The van der Waals surface area contributed by atoms with Crippen molar-refractivity contribution < 1.29 is 14.3 Å². The van der Waals surface area contributed by atoms with Crippen LogP contribution in [0.5, 0.6) is 5.75 Å². The fourth-order valence-electron chi connectivity index (χ4n) is 3.71. The van der Waals surface area contributed by atoms with Crippen LogP contribution in [0.25, 0.3) is 10.9 Å². The lowest BCUT2D eigenvalue weighted by atomic mass is 10.2. The molecule has 1 saturated heterocycles. The van der Waals surface area contributed by atoms with E-state index >= 15 is 0 Å². The van der Waals surface area contributed by atoms with Crippen LogP contribution in [-0.2, 0) is 11.3 Å². The minimum atomic E-state index is -0.138. The molecule has 2 aromatic rings. The number of rotatable bonds is 10. The zero-order valence-corrected chi connectivity index (χ0v) is 17.8. The van der Waals surface area contributed by atoms with Crippen LogP contribution in [0.1, 0.15) is 24.3 Å². The molecule has 0 spiro atoms. The molecule has 0 unspecified atom stereocenters. The minimum absolute atomic E-state index is 0.138. The summed E-state index contributed by atoms with van der Waals surface area (Å²) in [6.07, 6.45) is 0. The van der Waals surface area contributed by atoms with Crippen LogP contribution in [0, 0.1) is 0 Å². The first-order valence-corrected chi connectivity index (χ1v) is 10.5. The number of carbonyl (C=O) groups excluding carboxylic acids is 1. The van der Waals surface area contributed by atoms with E-state index in [9.17, 15) is 4.79 Å². The van der Waals surface area contributed by atoms with Crippen molar-refractivity contribution in [2.75, 3.05) is 66.1 Å². The third-order valence-electron chi connectivity index (χ3n) is 5.51. The van der Waals surface area contributed by atoms with E-state index in [0.29, 0.717) is 18.8 Å². The van der Waals surface area contributed by atoms with E-state index in [1.54, 1.807) is 7.11 Å². The van der Waals surface area contributed by atoms with Crippen molar-refractivity contribution in [2.24, 2.45) is 0 Å². The van der Waals surface area contributed by atoms with Gasteiger partial charge in [0.05, 0.1) is 26.9 Å². The van der Waals surface area contributed by atoms with Gasteiger partial charge in [-0.15, -0.1) is 0 Å². The molecule has 2 heterocycles. The van der Waals surface area contributed by atoms with Crippen LogP contribution in [-0.4, -0.2) is 91.6 Å². The van der Waals surface area contributed by atoms with Crippen molar-refractivity contribution in [3.63, 3.8) is 0 Å². The molecule has 0 atom stereocenters. The van der Waals surface area contributed by atoms with E-state index in [2.05, 4.69) is 34.1 Å². The molecule has 1 amide bonds. The third kappa shape index (κ3) is 5.26. The SMILES string of the molecule is CCN(CC)CCNC(=O)c1nn(CCN2CCOCC2)c2c(OC)cccc12. The summed E-state index contributed by atoms with van der Waals surface area (Å²) in [7, 11) is 1.65. The average Bonchev–Trinajstić information content (AvgIpc) is 3.15. The predicted molar refractivity (Wildman–Crippen MR) is 114 cm³/mol. The lowest BCUT2D eigenvalue weighted by molar-refractivity contribution is 0.0361. The Labute approximate surface area is 172 Å². The first kappa shape index (κ1) is 21.5. The lowest BCUT2D eigenvalue weighted by Crippen LogP contribution is -2.38. The molecule has 29 heavy (non-hydrogen) atoms. The second-order valence-corrected chi connectivity index (χ2v) is 7.16. The number of nitrogens with zero attached hydrogens (tertiary/aromatic N) is 4. The number of para-hydroxylation sites is 1. The van der Waals surface area contributed by atoms with E-state index in [4.69, 9.17) is 9.47 Å². The van der Waals surface area contributed by atoms with Crippen LogP contribution in [0.15, 0.2) is 18.2 Å². The van der Waals surface area contributed by atoms with Gasteiger partial charge in [0.25, 0.3) is 5.91 Å². The number of amides is 1. The van der Waals surface area contributed by atoms with E-state index in [1.165, 1.54) is 0 Å². The van der Waals surface area contributed by atoms with Gasteiger partial charge in [0, 0.05) is 38.1 Å². The standard InChI is InChI=1S/C21H33N5O3/c1-4-24(5-2)10-9-22-21(27)19-17-7-6-8-18(28-3)20(17)26(23-19)12-11-25-13-15-29-16-14-25/h6-8H,4-5,9-16H2,1-3H3,(H,22,27). The summed E-state index contributed by atoms with van der Waals surface area (Å²) in [6.45, 7) is 12.6. The van der Waals surface area contributed by atoms with Crippen LogP contribution >= 0.6 is 0 Å². The maximum absolute atomic E-state index is 12.9. The molecule has 1 aromatic carbocycles. The van der Waals surface area contributed by atoms with Crippen molar-refractivity contribution in [3.05, 3.63) is 23.9 Å². The Balaban J connectivity index is 1.77. The molecule has 1 aliphatic rings. The summed E-state index contributed by atoms with van der Waals surface area (Å²) in [6, 6.07) is 5.76. The number of hydrogen-bond acceptors (Lipinski definition) is 6. The van der Waals surface area contributed by atoms with Gasteiger partial charge in [-0.1, -0.05) is 26.0 Å². The van der Waals surface area contributed by atoms with E-state index in [-0.39, 0.29) is 5.91 Å². The van der Waals surface area contributed by atoms with Crippen molar-refractivity contribution in [3.8, 4) is 5.75 Å². The van der Waals surface area contributed by atoms with Gasteiger partial charge in [-0.25, -0.2) is 0 Å². The quantitative estimate of drug-likeness (QED) is 0.647. The highest BCUT2D eigenvalue weighted by molar-refractivity contribution is 6.06. The first-order chi connectivity index (χ1) is 14.2. The van der Waals surface area contributed by atoms with Crippen LogP contribution in [0.2, 0.25) is 0 Å². The monoisotopic (exact) mass is 403 g/mol. The highest BCUT2D eigenvalue weighted by Crippen LogP contribution is 2.28. The number of methoxy groups -OCH3 is 1. The Kier molecular flexibility index (Phi) is 7.85. The number of hydrogen-bond donors (Lipinski definition) is 1. The van der Waals surface area contributed by atoms with Crippen LogP contribution in [0.3, 0.4) is 0 Å². The van der Waals surface area contributed by atoms with Gasteiger partial charge < -0.3 is 19.7 Å². The summed E-state index contributed by atoms with van der Waals surface area (Å²) in [4.78, 5) is 17.5. The smallest absolute Gasteiger partial charge is 0.272 e. The zero-order chi connectivity index (χ0) is 20.6. The van der Waals surface area contributed by atoms with E-state index < -0.39 is 0 Å². The minimum Gasteiger partial charge on any atom is -0.494 e. The summed E-state index contributed by atoms with van der Waals surface area (Å²) in [5.74, 6) is 0.597. The number of benzene rings is 1. The highest BCUT2D eigenvalue weighted by atomic mass is 16.5. The molecule has 1 aromatic heterocycles. The molecule has 0 radical (unpaired) electrons. The number of nitrogens with one attached hydrogen (secondary N) is 1. The van der Waals surface area contributed by atoms with Gasteiger partial charge in [0.15, 0.2) is 5.69 Å². The predicted octanol–water partition coefficient (Wildman–Crippen LogP) is 1.45. The Morgan fingerprint density at radius 3 is 2.69 bits per heavy atom. The topological polar surface area (TPSA) is 71.9 Å². The fraction of sp³-hybridized carbons (Fsp3) is 0.619. The highest BCUT2D eigenvalue weighted by Gasteiger charge is 2.20. The number of morpholine rings is 1. The largest absolute Gasteiger partial charge is 0.494 e. The number of likely N-dealkylation sites (N-methyl/N-ethyl adjacent to an activating group) is 1. The lowest BCUT2D eigenvalue weighted by Gasteiger charge is -2.26. The number of aromatic nitrogens is 2. The van der Waals surface area contributed by atoms with Crippen molar-refractivity contribution in [2.45, 2.75) is 20.4 Å². The molecule has 0 aliphatic carbocycles. The Hall–Kier alpha value is -2.16. The maximum Gasteiger partial charge on any atom is 0.272 e. The van der Waals surface area contributed by atoms with Gasteiger partial charge in [0.2, 0.25) is 0 Å². The van der Waals surface area contributed by atoms with Gasteiger partial charge in [-0.05, 0) is 19.2 Å². The molecule has 1 fully saturated rings. The van der Waals surface area contributed by atoms with E-state index in [1.807, 2.05) is 22.9 Å². The molecule has 1 N–H and O–H groups in total. The van der Waals surface area contributed by atoms with Crippen LogP contribution in [0.4, 0.5) is 0 Å². The average molecular weight is 404 g/mol. The third-order valence-corrected chi connectivity index (χ3v) is 5.51. The maximum atomic E-state index is 12.9.